The van der Waals surface area contributed by atoms with Crippen molar-refractivity contribution >= 4 is 40.2 Å². The number of thioether (sulfide) groups is 1. The van der Waals surface area contributed by atoms with E-state index in [-0.39, 0.29) is 45.1 Å². The van der Waals surface area contributed by atoms with Gasteiger partial charge in [0.1, 0.15) is 23.6 Å². The van der Waals surface area contributed by atoms with E-state index in [9.17, 15) is 35.9 Å². The predicted octanol–water partition coefficient (Wildman–Crippen LogP) is 7.28. The molecule has 5 rings (SSSR count). The number of rotatable bonds is 8. The van der Waals surface area contributed by atoms with Crippen molar-refractivity contribution in [2.24, 2.45) is 4.99 Å². The third kappa shape index (κ3) is 8.57. The van der Waals surface area contributed by atoms with Gasteiger partial charge in [-0.25, -0.2) is 18.9 Å². The molecule has 10 nitrogen and oxygen atoms in total. The number of hydrogen-bond donors (Lipinski definition) is 1. The van der Waals surface area contributed by atoms with Gasteiger partial charge in [-0.15, -0.1) is 18.3 Å². The summed E-state index contributed by atoms with van der Waals surface area (Å²) >= 11 is 0.897. The zero-order valence-electron chi connectivity index (χ0n) is 23.9. The van der Waals surface area contributed by atoms with Crippen LogP contribution in [0, 0.1) is 12.7 Å². The maximum atomic E-state index is 15.0. The van der Waals surface area contributed by atoms with Gasteiger partial charge in [-0.05, 0) is 55.0 Å². The van der Waals surface area contributed by atoms with Crippen molar-refractivity contribution in [1.29, 1.82) is 0 Å². The Balaban J connectivity index is 1.30. The Morgan fingerprint density at radius 3 is 2.57 bits per heavy atom. The Kier molecular flexibility index (Phi) is 9.41. The fraction of sp³-hybridized carbons (Fsp3) is 0.207. The number of nitrogens with zero attached hydrogens (tertiary/aromatic N) is 5. The first-order valence-corrected chi connectivity index (χ1v) is 14.4. The van der Waals surface area contributed by atoms with E-state index in [0.717, 1.165) is 39.5 Å². The molecule has 18 heteroatoms. The monoisotopic (exact) mass is 682 g/mol. The van der Waals surface area contributed by atoms with Crippen LogP contribution in [-0.4, -0.2) is 56.8 Å². The summed E-state index contributed by atoms with van der Waals surface area (Å²) in [6.45, 7) is 0.995. The van der Waals surface area contributed by atoms with Gasteiger partial charge in [-0.1, -0.05) is 23.9 Å². The third-order valence-corrected chi connectivity index (χ3v) is 7.16. The number of carbonyl (C=O) groups excluding carboxylic acids is 2. The first-order chi connectivity index (χ1) is 22.1. The molecule has 0 unspecified atom stereocenters. The van der Waals surface area contributed by atoms with Crippen LogP contribution in [0.15, 0.2) is 72.0 Å². The van der Waals surface area contributed by atoms with E-state index < -0.39 is 49.1 Å². The van der Waals surface area contributed by atoms with E-state index in [4.69, 9.17) is 4.74 Å². The van der Waals surface area contributed by atoms with Crippen molar-refractivity contribution in [1.82, 2.24) is 14.8 Å². The lowest BCUT2D eigenvalue weighted by atomic mass is 10.2. The first-order valence-electron chi connectivity index (χ1n) is 13.4. The molecule has 3 aromatic carbocycles. The lowest BCUT2D eigenvalue weighted by Gasteiger charge is -2.20. The van der Waals surface area contributed by atoms with Crippen LogP contribution < -0.4 is 19.7 Å². The smallest absolute Gasteiger partial charge is 0.491 e. The molecule has 246 valence electrons. The summed E-state index contributed by atoms with van der Waals surface area (Å²) in [4.78, 5) is 34.5. The highest BCUT2D eigenvalue weighted by Crippen LogP contribution is 2.36. The summed E-state index contributed by atoms with van der Waals surface area (Å²) in [6, 6.07) is 12.0. The minimum absolute atomic E-state index is 0.0204. The number of alkyl halides is 6. The van der Waals surface area contributed by atoms with Gasteiger partial charge in [0.05, 0.1) is 35.8 Å². The molecule has 1 aliphatic rings. The number of nitrogens with one attached hydrogen (secondary N) is 1. The fourth-order valence-corrected chi connectivity index (χ4v) is 5.07. The van der Waals surface area contributed by atoms with Gasteiger partial charge in [0.2, 0.25) is 5.91 Å². The van der Waals surface area contributed by atoms with E-state index in [2.05, 4.69) is 25.1 Å². The molecule has 0 spiro atoms. The van der Waals surface area contributed by atoms with Crippen molar-refractivity contribution < 1.29 is 49.8 Å². The number of halogens is 7. The Bertz CT molecular complexity index is 1840. The van der Waals surface area contributed by atoms with Crippen LogP contribution in [0.5, 0.6) is 11.5 Å². The Hall–Kier alpha value is -5.13. The van der Waals surface area contributed by atoms with Crippen molar-refractivity contribution in [3.8, 4) is 28.6 Å². The maximum Gasteiger partial charge on any atom is 0.573 e. The molecule has 1 aliphatic heterocycles. The molecule has 47 heavy (non-hydrogen) atoms. The van der Waals surface area contributed by atoms with E-state index in [0.29, 0.717) is 5.56 Å². The molecule has 0 radical (unpaired) electrons. The highest BCUT2D eigenvalue weighted by atomic mass is 32.2. The quantitative estimate of drug-likeness (QED) is 0.195. The molecule has 0 saturated carbocycles. The van der Waals surface area contributed by atoms with E-state index in [1.54, 1.807) is 13.0 Å². The van der Waals surface area contributed by atoms with Crippen LogP contribution in [0.3, 0.4) is 0 Å². The average molecular weight is 683 g/mol. The predicted molar refractivity (Wildman–Crippen MR) is 157 cm³/mol. The van der Waals surface area contributed by atoms with E-state index in [1.165, 1.54) is 42.7 Å². The standard InChI is InChI=1S/C29H21F7N6O4S/c1-16-5-8-23(45-10-9-28(31,32)33)22(11-16)42-24(43)14-47-27(42)39-26(44)38-21-7-6-17(12-20(21)30)25-37-15-41(40-25)18-3-2-4-19(13-18)46-29(34,35)36/h2-8,11-13,15H,9-10,14H2,1H3,(H,38,44). The molecular formula is C29H21F7N6O4S. The van der Waals surface area contributed by atoms with Gasteiger partial charge in [-0.3, -0.25) is 9.69 Å². The molecule has 1 aromatic heterocycles. The molecule has 0 aliphatic carbocycles. The van der Waals surface area contributed by atoms with Crippen LogP contribution in [0.4, 0.5) is 46.9 Å². The summed E-state index contributed by atoms with van der Waals surface area (Å²) in [5.74, 6) is -2.01. The first kappa shape index (κ1) is 33.2. The molecule has 4 aromatic rings. The summed E-state index contributed by atoms with van der Waals surface area (Å²) in [5.41, 5.74) is 0.830. The number of hydrogen-bond acceptors (Lipinski definition) is 7. The molecule has 2 heterocycles. The van der Waals surface area contributed by atoms with Gasteiger partial charge < -0.3 is 14.8 Å². The van der Waals surface area contributed by atoms with Gasteiger partial charge in [0, 0.05) is 11.6 Å². The number of anilines is 2. The SMILES string of the molecule is Cc1ccc(OCCC(F)(F)F)c(N2C(=O)CSC2=NC(=O)Nc2ccc(-c3ncn(-c4cccc(OC(F)(F)F)c4)n3)cc2F)c1. The Labute approximate surface area is 265 Å². The normalized spacial score (nSPS) is 14.5. The second-order valence-corrected chi connectivity index (χ2v) is 10.7. The Morgan fingerprint density at radius 1 is 1.06 bits per heavy atom. The number of ether oxygens (including phenoxy) is 2. The largest absolute Gasteiger partial charge is 0.573 e. The molecular weight excluding hydrogens is 661 g/mol. The number of carbonyl (C=O) groups is 2. The zero-order valence-corrected chi connectivity index (χ0v) is 24.7. The minimum Gasteiger partial charge on any atom is -0.491 e. The third-order valence-electron chi connectivity index (χ3n) is 6.24. The number of benzene rings is 3. The number of amides is 3. The van der Waals surface area contributed by atoms with Crippen molar-refractivity contribution in [3.63, 3.8) is 0 Å². The minimum atomic E-state index is -4.89. The summed E-state index contributed by atoms with van der Waals surface area (Å²) in [6.07, 6.45) is -9.35. The van der Waals surface area contributed by atoms with Crippen LogP contribution in [0.1, 0.15) is 12.0 Å². The summed E-state index contributed by atoms with van der Waals surface area (Å²) in [5, 5.41) is 6.34. The lowest BCUT2D eigenvalue weighted by Crippen LogP contribution is -2.31. The molecule has 0 atom stereocenters. The molecule has 0 bridgehead atoms. The van der Waals surface area contributed by atoms with Gasteiger partial charge in [0.15, 0.2) is 11.0 Å². The van der Waals surface area contributed by atoms with Gasteiger partial charge >= 0.3 is 18.6 Å². The van der Waals surface area contributed by atoms with E-state index in [1.807, 2.05) is 0 Å². The number of urea groups is 1. The summed E-state index contributed by atoms with van der Waals surface area (Å²) < 4.78 is 101. The second kappa shape index (κ2) is 13.3. The number of amidine groups is 1. The van der Waals surface area contributed by atoms with Crippen molar-refractivity contribution in [2.75, 3.05) is 22.6 Å². The lowest BCUT2D eigenvalue weighted by molar-refractivity contribution is -0.274. The zero-order chi connectivity index (χ0) is 33.9. The van der Waals surface area contributed by atoms with Gasteiger partial charge in [0.25, 0.3) is 0 Å². The van der Waals surface area contributed by atoms with Crippen LogP contribution in [-0.2, 0) is 4.79 Å². The van der Waals surface area contributed by atoms with Crippen molar-refractivity contribution in [3.05, 3.63) is 78.4 Å². The fourth-order valence-electron chi connectivity index (χ4n) is 4.21. The average Bonchev–Trinajstić information content (AvgIpc) is 3.61. The van der Waals surface area contributed by atoms with Crippen molar-refractivity contribution in [2.45, 2.75) is 25.9 Å². The number of aromatic nitrogens is 3. The molecule has 1 N–H and O–H groups in total. The number of aryl methyl sites for hydroxylation is 1. The van der Waals surface area contributed by atoms with E-state index >= 15 is 4.39 Å². The van der Waals surface area contributed by atoms with Crippen LogP contribution >= 0.6 is 11.8 Å². The van der Waals surface area contributed by atoms with Gasteiger partial charge in [-0.2, -0.15) is 18.2 Å². The molecule has 1 saturated heterocycles. The highest BCUT2D eigenvalue weighted by Gasteiger charge is 2.34. The van der Waals surface area contributed by atoms with Crippen LogP contribution in [0.25, 0.3) is 17.1 Å². The molecule has 3 amide bonds. The highest BCUT2D eigenvalue weighted by molar-refractivity contribution is 8.15. The topological polar surface area (TPSA) is 111 Å². The maximum absolute atomic E-state index is 15.0. The number of aliphatic imine (C=N–C) groups is 1. The molecule has 1 fully saturated rings. The second-order valence-electron chi connectivity index (χ2n) is 9.78. The van der Waals surface area contributed by atoms with Crippen LogP contribution in [0.2, 0.25) is 0 Å². The summed E-state index contributed by atoms with van der Waals surface area (Å²) in [7, 11) is 0. The Morgan fingerprint density at radius 2 is 1.85 bits per heavy atom.